The van der Waals surface area contributed by atoms with Gasteiger partial charge in [0.05, 0.1) is 143 Å². The predicted molar refractivity (Wildman–Crippen MR) is 554 cm³/mol. The number of methoxy groups -OCH3 is 5. The Balaban J connectivity index is 0.000000157. The third kappa shape index (κ3) is 25.2. The molecule has 38 heteroatoms. The number of amides is 4. The van der Waals surface area contributed by atoms with Crippen LogP contribution in [0.5, 0.6) is 34.5 Å². The molecular formula is C102H111N27O10S. The standard InChI is InChI=1S/C27H31N7O2.C26H29N7O3.C26H29N7O2S.C23H22N6O3/c1-6-25(35)29-22-17-23(24(36-5)16-18(22)10-9-15-33(2)3)31-27-28-14-13-21(30-27)26-19-11-7-8-12-20(19)32-34(26)4;2*1-6-24(34)28-21-15-20(22(35-5)16-23(21)36-14-13-32(2)3)30-26-27-12-11-19(29-26)25-17-9-7-8-10-18(17)31-33(25)4;1-5-21(30)25-17-12-18(20(32-4)13-19(17)31-3)27-23-24-11-10-16(26-23)22-14-8-6-7-9-15(14)28-29(22)2/h6-8,11-14,16-17H,1,9-10,15H2,2-5H3,(H,29,35)(H,28,30,31);2*6-12,15-16H,1,13-14H2,2-5H3,(H,28,34)(H,27,29,30);5-13H,1H2,2-4H3,(H,25,30)(H,24,26,27). The van der Waals surface area contributed by atoms with Crippen molar-refractivity contribution in [1.82, 2.24) is 93.7 Å². The number of hydrogen-bond acceptors (Lipinski definition) is 30. The molecule has 720 valence electrons. The zero-order valence-electron chi connectivity index (χ0n) is 80.6. The number of ether oxygens (including phenoxy) is 6. The summed E-state index contributed by atoms with van der Waals surface area (Å²) in [5.41, 5.74) is 15.7. The van der Waals surface area contributed by atoms with E-state index in [0.29, 0.717) is 128 Å². The molecule has 0 atom stereocenters. The van der Waals surface area contributed by atoms with E-state index in [4.69, 9.17) is 43.4 Å². The fourth-order valence-corrected chi connectivity index (χ4v) is 16.0. The third-order valence-electron chi connectivity index (χ3n) is 21.5. The maximum Gasteiger partial charge on any atom is 0.247 e. The molecule has 4 amide bonds. The van der Waals surface area contributed by atoms with Crippen LogP contribution >= 0.6 is 11.8 Å². The third-order valence-corrected chi connectivity index (χ3v) is 22.5. The van der Waals surface area contributed by atoms with Gasteiger partial charge >= 0.3 is 0 Å². The van der Waals surface area contributed by atoms with Gasteiger partial charge in [0, 0.05) is 116 Å². The lowest BCUT2D eigenvalue weighted by molar-refractivity contribution is -0.112. The summed E-state index contributed by atoms with van der Waals surface area (Å²) in [6.07, 6.45) is 13.3. The fraction of sp³-hybridized carbons (Fsp3) is 0.216. The first kappa shape index (κ1) is 100. The van der Waals surface area contributed by atoms with Crippen LogP contribution in [0.1, 0.15) is 12.0 Å². The largest absolute Gasteiger partial charge is 0.495 e. The normalized spacial score (nSPS) is 10.9. The van der Waals surface area contributed by atoms with E-state index in [1.807, 2.05) is 230 Å². The number of likely N-dealkylation sites (N-methyl/N-ethyl adjacent to an activating group) is 1. The summed E-state index contributed by atoms with van der Waals surface area (Å²) in [4.78, 5) is 91.7. The van der Waals surface area contributed by atoms with Crippen molar-refractivity contribution in [3.63, 3.8) is 0 Å². The van der Waals surface area contributed by atoms with Gasteiger partial charge in [0.1, 0.15) is 41.1 Å². The zero-order chi connectivity index (χ0) is 99.6. The summed E-state index contributed by atoms with van der Waals surface area (Å²) >= 11 is 1.64. The van der Waals surface area contributed by atoms with E-state index in [-0.39, 0.29) is 23.6 Å². The molecule has 0 aliphatic carbocycles. The van der Waals surface area contributed by atoms with Crippen LogP contribution in [-0.4, -0.2) is 227 Å². The van der Waals surface area contributed by atoms with Crippen molar-refractivity contribution in [3.05, 3.63) is 251 Å². The van der Waals surface area contributed by atoms with Crippen LogP contribution < -0.4 is 71.0 Å². The van der Waals surface area contributed by atoms with Gasteiger partial charge in [-0.15, -0.1) is 11.8 Å². The molecule has 0 saturated carbocycles. The smallest absolute Gasteiger partial charge is 0.247 e. The number of aryl methyl sites for hydroxylation is 5. The van der Waals surface area contributed by atoms with Gasteiger partial charge in [0.25, 0.3) is 0 Å². The Labute approximate surface area is 814 Å². The van der Waals surface area contributed by atoms with Crippen LogP contribution in [0.15, 0.2) is 250 Å². The molecule has 0 fully saturated rings. The van der Waals surface area contributed by atoms with Crippen LogP contribution in [0.4, 0.5) is 69.3 Å². The van der Waals surface area contributed by atoms with Gasteiger partial charge in [0.15, 0.2) is 0 Å². The van der Waals surface area contributed by atoms with E-state index in [0.717, 1.165) is 120 Å². The summed E-state index contributed by atoms with van der Waals surface area (Å²) in [5, 5.41) is 46.5. The highest BCUT2D eigenvalue weighted by Gasteiger charge is 2.24. The molecule has 0 saturated heterocycles. The van der Waals surface area contributed by atoms with Crippen LogP contribution in [0.25, 0.3) is 89.2 Å². The van der Waals surface area contributed by atoms with E-state index in [1.165, 1.54) is 31.4 Å². The number of nitrogens with one attached hydrogen (secondary N) is 8. The molecule has 37 nitrogen and oxygen atoms in total. The molecule has 0 unspecified atom stereocenters. The Morgan fingerprint density at radius 2 is 0.643 bits per heavy atom. The lowest BCUT2D eigenvalue weighted by Gasteiger charge is -2.18. The fourth-order valence-electron chi connectivity index (χ4n) is 14.9. The Bertz CT molecular complexity index is 6690. The second-order valence-electron chi connectivity index (χ2n) is 32.1. The van der Waals surface area contributed by atoms with Crippen LogP contribution in [0.3, 0.4) is 0 Å². The number of benzene rings is 8. The van der Waals surface area contributed by atoms with Crippen molar-refractivity contribution >= 4 is 148 Å². The molecular weight excluding hydrogens is 1800 g/mol. The van der Waals surface area contributed by atoms with Gasteiger partial charge in [0.2, 0.25) is 47.4 Å². The summed E-state index contributed by atoms with van der Waals surface area (Å²) in [7, 11) is 27.4. The number of carbonyl (C=O) groups is 4. The van der Waals surface area contributed by atoms with Crippen LogP contribution in [-0.2, 0) is 53.8 Å². The average Bonchev–Trinajstić information content (AvgIpc) is 1.62. The number of nitrogens with zero attached hydrogens (tertiary/aromatic N) is 19. The molecule has 8 N–H and O–H groups in total. The predicted octanol–water partition coefficient (Wildman–Crippen LogP) is 16.7. The molecule has 0 spiro atoms. The summed E-state index contributed by atoms with van der Waals surface area (Å²) < 4.78 is 40.9. The first-order valence-electron chi connectivity index (χ1n) is 44.1. The first-order chi connectivity index (χ1) is 67.7. The molecule has 16 aromatic rings. The van der Waals surface area contributed by atoms with Gasteiger partial charge in [-0.1, -0.05) is 99.1 Å². The van der Waals surface area contributed by atoms with Gasteiger partial charge in [-0.2, -0.15) is 20.4 Å². The number of aromatic nitrogens is 16. The van der Waals surface area contributed by atoms with Crippen LogP contribution in [0.2, 0.25) is 0 Å². The highest BCUT2D eigenvalue weighted by Crippen LogP contribution is 2.44. The quantitative estimate of drug-likeness (QED) is 0.0132. The van der Waals surface area contributed by atoms with Crippen molar-refractivity contribution in [2.75, 3.05) is 152 Å². The molecule has 8 heterocycles. The minimum absolute atomic E-state index is 0.277. The maximum atomic E-state index is 12.1. The molecule has 16 rings (SSSR count). The van der Waals surface area contributed by atoms with E-state index in [9.17, 15) is 19.2 Å². The number of fused-ring (bicyclic) bond motifs is 4. The van der Waals surface area contributed by atoms with Crippen molar-refractivity contribution in [1.29, 1.82) is 0 Å². The molecule has 0 bridgehead atoms. The van der Waals surface area contributed by atoms with Gasteiger partial charge < -0.3 is 85.7 Å². The maximum absolute atomic E-state index is 12.1. The number of anilines is 12. The van der Waals surface area contributed by atoms with Gasteiger partial charge in [-0.05, 0) is 176 Å². The zero-order valence-corrected chi connectivity index (χ0v) is 81.4. The molecule has 8 aromatic carbocycles. The molecule has 0 aliphatic heterocycles. The van der Waals surface area contributed by atoms with E-state index in [1.54, 1.807) is 98.6 Å². The second kappa shape index (κ2) is 47.5. The number of carbonyl (C=O) groups excluding carboxylic acids is 4. The van der Waals surface area contributed by atoms with E-state index >= 15 is 0 Å². The SMILES string of the molecule is C=CC(=O)Nc1cc(Nc2nccc(-c3c4ccccc4nn3C)n2)c(OC)cc1CCCN(C)C.C=CC(=O)Nc1cc(Nc2nccc(-c3c4ccccc4nn3C)n2)c(OC)cc1OC.C=CC(=O)Nc1cc(Nc2nccc(-c3c4ccccc4nn3C)n2)c(OC)cc1OCCN(C)C.C=CC(=O)Nc1cc(Nc2nccc(-c3c4ccccc4nn3C)n2)c(OC)cc1SCCN(C)C. The number of thioether (sulfide) groups is 1. The lowest BCUT2D eigenvalue weighted by atomic mass is 10.0. The van der Waals surface area contributed by atoms with Crippen LogP contribution in [0, 0.1) is 0 Å². The lowest BCUT2D eigenvalue weighted by Crippen LogP contribution is -2.20. The van der Waals surface area contributed by atoms with Crippen molar-refractivity contribution < 1.29 is 47.6 Å². The van der Waals surface area contributed by atoms with E-state index in [2.05, 4.69) is 124 Å². The first-order valence-corrected chi connectivity index (χ1v) is 45.1. The average molecular weight is 1910 g/mol. The highest BCUT2D eigenvalue weighted by atomic mass is 32.2. The molecule has 0 radical (unpaired) electrons. The van der Waals surface area contributed by atoms with Gasteiger partial charge in [-0.25, -0.2) is 39.9 Å². The molecule has 0 aliphatic rings. The Morgan fingerprint density at radius 1 is 0.350 bits per heavy atom. The van der Waals surface area contributed by atoms with Crippen molar-refractivity contribution in [2.45, 2.75) is 17.7 Å². The Hall–Kier alpha value is -17.0. The second-order valence-corrected chi connectivity index (χ2v) is 33.2. The number of hydrogen-bond donors (Lipinski definition) is 8. The molecule has 140 heavy (non-hydrogen) atoms. The minimum atomic E-state index is -0.360. The topological polar surface area (TPSA) is 404 Å². The monoisotopic (exact) mass is 1910 g/mol. The van der Waals surface area contributed by atoms with Crippen molar-refractivity contribution in [3.8, 4) is 80.0 Å². The van der Waals surface area contributed by atoms with Crippen molar-refractivity contribution in [2.24, 2.45) is 28.2 Å². The minimum Gasteiger partial charge on any atom is -0.495 e. The Morgan fingerprint density at radius 3 is 0.986 bits per heavy atom. The summed E-state index contributed by atoms with van der Waals surface area (Å²) in [6.45, 7) is 17.1. The molecule has 8 aromatic heterocycles. The van der Waals surface area contributed by atoms with E-state index < -0.39 is 0 Å². The summed E-state index contributed by atoms with van der Waals surface area (Å²) in [6, 6.07) is 53.4. The highest BCUT2D eigenvalue weighted by molar-refractivity contribution is 7.99. The summed E-state index contributed by atoms with van der Waals surface area (Å²) in [5.74, 6) is 4.25. The number of rotatable bonds is 37. The van der Waals surface area contributed by atoms with Gasteiger partial charge in [-0.3, -0.25) is 37.9 Å². The Kier molecular flexibility index (Phi) is 34.1.